The normalized spacial score (nSPS) is 15.6. The molecule has 34 heavy (non-hydrogen) atoms. The van der Waals surface area contributed by atoms with E-state index in [0.717, 1.165) is 29.9 Å². The third kappa shape index (κ3) is 4.48. The molecule has 0 fully saturated rings. The standard InChI is InChI=1S/C27H29N3O3S/c1-5-29(6-2)21-15-13-19(14-16-21)17-22-25(31)30-24(20-11-9-8-10-12-20)23(26(32)33-7-3)18(4)28-27(30)34-22/h8-17,24H,5-7H2,1-4H3. The van der Waals surface area contributed by atoms with Gasteiger partial charge in [0, 0.05) is 18.8 Å². The van der Waals surface area contributed by atoms with E-state index in [4.69, 9.17) is 4.74 Å². The zero-order chi connectivity index (χ0) is 24.2. The van der Waals surface area contributed by atoms with Gasteiger partial charge in [0.1, 0.15) is 0 Å². The van der Waals surface area contributed by atoms with E-state index in [9.17, 15) is 9.59 Å². The van der Waals surface area contributed by atoms with Crippen molar-refractivity contribution >= 4 is 29.1 Å². The van der Waals surface area contributed by atoms with E-state index >= 15 is 0 Å². The number of ether oxygens (including phenoxy) is 1. The van der Waals surface area contributed by atoms with E-state index in [1.165, 1.54) is 11.3 Å². The molecule has 3 aromatic rings. The maximum Gasteiger partial charge on any atom is 0.338 e. The van der Waals surface area contributed by atoms with Gasteiger partial charge in [-0.3, -0.25) is 9.36 Å². The zero-order valence-corrected chi connectivity index (χ0v) is 20.8. The molecule has 1 atom stereocenters. The summed E-state index contributed by atoms with van der Waals surface area (Å²) in [5.74, 6) is -0.445. The molecular formula is C27H29N3O3S. The molecule has 6 nitrogen and oxygen atoms in total. The molecule has 0 N–H and O–H groups in total. The van der Waals surface area contributed by atoms with Gasteiger partial charge in [0.15, 0.2) is 4.80 Å². The zero-order valence-electron chi connectivity index (χ0n) is 19.9. The van der Waals surface area contributed by atoms with Crippen LogP contribution < -0.4 is 19.8 Å². The number of rotatable bonds is 7. The third-order valence-corrected chi connectivity index (χ3v) is 6.93. The SMILES string of the molecule is CCOC(=O)C1=C(C)N=c2sc(=Cc3ccc(N(CC)CC)cc3)c(=O)n2C1c1ccccc1. The average Bonchev–Trinajstić information content (AvgIpc) is 3.15. The van der Waals surface area contributed by atoms with Crippen molar-refractivity contribution in [1.29, 1.82) is 0 Å². The first-order valence-electron chi connectivity index (χ1n) is 11.6. The molecule has 0 saturated carbocycles. The summed E-state index contributed by atoms with van der Waals surface area (Å²) >= 11 is 1.34. The van der Waals surface area contributed by atoms with Crippen molar-refractivity contribution in [2.24, 2.45) is 4.99 Å². The number of esters is 1. The summed E-state index contributed by atoms with van der Waals surface area (Å²) in [4.78, 5) is 34.0. The molecule has 0 spiro atoms. The Labute approximate surface area is 203 Å². The number of nitrogens with zero attached hydrogens (tertiary/aromatic N) is 3. The van der Waals surface area contributed by atoms with E-state index < -0.39 is 12.0 Å². The fourth-order valence-electron chi connectivity index (χ4n) is 4.26. The molecule has 0 saturated heterocycles. The van der Waals surface area contributed by atoms with Crippen LogP contribution in [0.5, 0.6) is 0 Å². The van der Waals surface area contributed by atoms with Gasteiger partial charge in [0.25, 0.3) is 5.56 Å². The molecule has 7 heteroatoms. The summed E-state index contributed by atoms with van der Waals surface area (Å²) in [6.07, 6.45) is 1.89. The van der Waals surface area contributed by atoms with Crippen LogP contribution in [-0.4, -0.2) is 30.2 Å². The van der Waals surface area contributed by atoms with Gasteiger partial charge in [-0.2, -0.15) is 0 Å². The molecule has 176 valence electrons. The van der Waals surface area contributed by atoms with Crippen molar-refractivity contribution in [3.8, 4) is 0 Å². The second kappa shape index (κ2) is 10.2. The molecular weight excluding hydrogens is 446 g/mol. The largest absolute Gasteiger partial charge is 0.463 e. The van der Waals surface area contributed by atoms with Gasteiger partial charge in [0.05, 0.1) is 28.5 Å². The number of hydrogen-bond donors (Lipinski definition) is 0. The van der Waals surface area contributed by atoms with Gasteiger partial charge in [-0.1, -0.05) is 53.8 Å². The number of anilines is 1. The van der Waals surface area contributed by atoms with Crippen LogP contribution in [0.2, 0.25) is 0 Å². The first-order valence-corrected chi connectivity index (χ1v) is 12.4. The molecule has 1 aliphatic heterocycles. The molecule has 2 aromatic carbocycles. The maximum atomic E-state index is 13.6. The Morgan fingerprint density at radius 3 is 2.38 bits per heavy atom. The van der Waals surface area contributed by atoms with Crippen molar-refractivity contribution < 1.29 is 9.53 Å². The maximum absolute atomic E-state index is 13.6. The van der Waals surface area contributed by atoms with Crippen molar-refractivity contribution in [2.45, 2.75) is 33.7 Å². The lowest BCUT2D eigenvalue weighted by molar-refractivity contribution is -0.139. The lowest BCUT2D eigenvalue weighted by atomic mass is 9.96. The third-order valence-electron chi connectivity index (χ3n) is 5.95. The Morgan fingerprint density at radius 2 is 1.76 bits per heavy atom. The second-order valence-corrected chi connectivity index (χ2v) is 8.99. The summed E-state index contributed by atoms with van der Waals surface area (Å²) < 4.78 is 7.53. The van der Waals surface area contributed by atoms with Crippen LogP contribution in [0, 0.1) is 0 Å². The fourth-order valence-corrected chi connectivity index (χ4v) is 5.31. The molecule has 1 unspecified atom stereocenters. The molecule has 1 aliphatic rings. The number of allylic oxidation sites excluding steroid dienone is 1. The van der Waals surface area contributed by atoms with Crippen LogP contribution in [0.15, 0.2) is 75.7 Å². The molecule has 1 aromatic heterocycles. The molecule has 0 bridgehead atoms. The average molecular weight is 476 g/mol. The predicted molar refractivity (Wildman–Crippen MR) is 137 cm³/mol. The number of fused-ring (bicyclic) bond motifs is 1. The highest BCUT2D eigenvalue weighted by atomic mass is 32.1. The van der Waals surface area contributed by atoms with Crippen molar-refractivity contribution in [2.75, 3.05) is 24.6 Å². The number of hydrogen-bond acceptors (Lipinski definition) is 6. The quantitative estimate of drug-likeness (QED) is 0.490. The van der Waals surface area contributed by atoms with Gasteiger partial charge in [-0.05, 0) is 57.0 Å². The van der Waals surface area contributed by atoms with E-state index in [-0.39, 0.29) is 12.2 Å². The second-order valence-electron chi connectivity index (χ2n) is 7.98. The summed E-state index contributed by atoms with van der Waals surface area (Å²) in [7, 11) is 0. The molecule has 0 aliphatic carbocycles. The topological polar surface area (TPSA) is 63.9 Å². The van der Waals surface area contributed by atoms with Crippen LogP contribution in [0.4, 0.5) is 5.69 Å². The first-order chi connectivity index (χ1) is 16.5. The molecule has 2 heterocycles. The predicted octanol–water partition coefficient (Wildman–Crippen LogP) is 3.64. The van der Waals surface area contributed by atoms with Crippen LogP contribution in [0.1, 0.15) is 44.9 Å². The summed E-state index contributed by atoms with van der Waals surface area (Å²) in [6, 6.07) is 17.2. The highest BCUT2D eigenvalue weighted by Gasteiger charge is 2.33. The van der Waals surface area contributed by atoms with Gasteiger partial charge in [-0.15, -0.1) is 0 Å². The summed E-state index contributed by atoms with van der Waals surface area (Å²) in [6.45, 7) is 9.97. The van der Waals surface area contributed by atoms with E-state index in [1.807, 2.05) is 48.5 Å². The highest BCUT2D eigenvalue weighted by Crippen LogP contribution is 2.30. The monoisotopic (exact) mass is 475 g/mol. The molecule has 4 rings (SSSR count). The first kappa shape index (κ1) is 23.7. The van der Waals surface area contributed by atoms with Crippen molar-refractivity contribution in [1.82, 2.24) is 4.57 Å². The number of aromatic nitrogens is 1. The number of benzene rings is 2. The van der Waals surface area contributed by atoms with Crippen molar-refractivity contribution in [3.63, 3.8) is 0 Å². The van der Waals surface area contributed by atoms with E-state index in [0.29, 0.717) is 20.6 Å². The number of carbonyl (C=O) groups is 1. The van der Waals surface area contributed by atoms with E-state index in [2.05, 4.69) is 35.9 Å². The minimum atomic E-state index is -0.580. The minimum absolute atomic E-state index is 0.167. The van der Waals surface area contributed by atoms with E-state index in [1.54, 1.807) is 18.4 Å². The van der Waals surface area contributed by atoms with Crippen LogP contribution >= 0.6 is 11.3 Å². The number of carbonyl (C=O) groups excluding carboxylic acids is 1. The molecule has 0 radical (unpaired) electrons. The number of thiazole rings is 1. The Hall–Kier alpha value is -3.45. The Balaban J connectivity index is 1.84. The van der Waals surface area contributed by atoms with Crippen LogP contribution in [-0.2, 0) is 9.53 Å². The Bertz CT molecular complexity index is 1380. The minimum Gasteiger partial charge on any atom is -0.463 e. The van der Waals surface area contributed by atoms with Gasteiger partial charge in [-0.25, -0.2) is 9.79 Å². The fraction of sp³-hybridized carbons (Fsp3) is 0.296. The lowest BCUT2D eigenvalue weighted by Crippen LogP contribution is -2.39. The summed E-state index contributed by atoms with van der Waals surface area (Å²) in [5.41, 5.74) is 3.75. The molecule has 0 amide bonds. The van der Waals surface area contributed by atoms with Crippen LogP contribution in [0.3, 0.4) is 0 Å². The van der Waals surface area contributed by atoms with Crippen LogP contribution in [0.25, 0.3) is 6.08 Å². The van der Waals surface area contributed by atoms with Gasteiger partial charge < -0.3 is 9.64 Å². The van der Waals surface area contributed by atoms with Gasteiger partial charge in [0.2, 0.25) is 0 Å². The Kier molecular flexibility index (Phi) is 7.12. The van der Waals surface area contributed by atoms with Gasteiger partial charge >= 0.3 is 5.97 Å². The smallest absolute Gasteiger partial charge is 0.338 e. The highest BCUT2D eigenvalue weighted by molar-refractivity contribution is 7.07. The lowest BCUT2D eigenvalue weighted by Gasteiger charge is -2.24. The van der Waals surface area contributed by atoms with Crippen molar-refractivity contribution in [3.05, 3.63) is 96.7 Å². The Morgan fingerprint density at radius 1 is 1.09 bits per heavy atom. The summed E-state index contributed by atoms with van der Waals surface area (Å²) in [5, 5.41) is 0.